The molecular weight excluding hydrogens is 242 g/mol. The van der Waals surface area contributed by atoms with Crippen molar-refractivity contribution in [3.63, 3.8) is 0 Å². The summed E-state index contributed by atoms with van der Waals surface area (Å²) >= 11 is 0. The molecule has 5 nitrogen and oxygen atoms in total. The molecule has 6 heteroatoms. The van der Waals surface area contributed by atoms with Crippen molar-refractivity contribution in [3.05, 3.63) is 24.3 Å². The molecule has 0 aromatic heterocycles. The van der Waals surface area contributed by atoms with Crippen LogP contribution in [0, 0.1) is 0 Å². The Hall–Kier alpha value is -1.11. The van der Waals surface area contributed by atoms with Gasteiger partial charge in [-0.3, -0.25) is 0 Å². The number of aromatic hydroxyl groups is 1. The summed E-state index contributed by atoms with van der Waals surface area (Å²) in [5.41, 5.74) is 0. The van der Waals surface area contributed by atoms with Gasteiger partial charge in [0.05, 0.1) is 17.6 Å². The lowest BCUT2D eigenvalue weighted by atomic mass is 10.3. The van der Waals surface area contributed by atoms with E-state index >= 15 is 0 Å². The average Bonchev–Trinajstić information content (AvgIpc) is 2.24. The molecule has 1 aromatic carbocycles. The number of benzene rings is 1. The molecule has 0 bridgehead atoms. The summed E-state index contributed by atoms with van der Waals surface area (Å²) in [5.74, 6) is -0.0775. The van der Waals surface area contributed by atoms with E-state index in [9.17, 15) is 13.5 Å². The number of phenolic OH excluding ortho intramolecular Hbond substituents is 1. The van der Waals surface area contributed by atoms with Crippen LogP contribution in [0.2, 0.25) is 0 Å². The fourth-order valence-corrected chi connectivity index (χ4v) is 2.26. The molecule has 2 N–H and O–H groups in total. The first-order chi connectivity index (χ1) is 7.92. The van der Waals surface area contributed by atoms with Gasteiger partial charge in [0.2, 0.25) is 10.0 Å². The minimum atomic E-state index is -3.57. The zero-order valence-electron chi connectivity index (χ0n) is 9.88. The molecule has 96 valence electrons. The second-order valence-electron chi connectivity index (χ2n) is 3.81. The first-order valence-electron chi connectivity index (χ1n) is 5.32. The van der Waals surface area contributed by atoms with Crippen molar-refractivity contribution in [2.45, 2.75) is 24.8 Å². The third-order valence-electron chi connectivity index (χ3n) is 1.97. The van der Waals surface area contributed by atoms with Crippen molar-refractivity contribution in [2.75, 3.05) is 13.2 Å². The van der Waals surface area contributed by atoms with Gasteiger partial charge in [0.15, 0.2) is 0 Å². The van der Waals surface area contributed by atoms with Gasteiger partial charge in [-0.1, -0.05) is 6.07 Å². The number of ether oxygens (including phenoxy) is 1. The van der Waals surface area contributed by atoms with Gasteiger partial charge in [-0.15, -0.1) is 0 Å². The molecule has 0 saturated carbocycles. The van der Waals surface area contributed by atoms with E-state index in [0.29, 0.717) is 6.61 Å². The summed E-state index contributed by atoms with van der Waals surface area (Å²) in [6, 6.07) is 5.52. The Morgan fingerprint density at radius 2 is 2.12 bits per heavy atom. The summed E-state index contributed by atoms with van der Waals surface area (Å²) in [4.78, 5) is 0.0436. The highest BCUT2D eigenvalue weighted by molar-refractivity contribution is 7.89. The monoisotopic (exact) mass is 259 g/mol. The number of hydrogen-bond acceptors (Lipinski definition) is 4. The van der Waals surface area contributed by atoms with E-state index in [2.05, 4.69) is 4.72 Å². The Kier molecular flexibility index (Phi) is 4.92. The normalized spacial score (nSPS) is 11.9. The predicted octanol–water partition coefficient (Wildman–Crippen LogP) is 1.10. The van der Waals surface area contributed by atoms with E-state index in [4.69, 9.17) is 4.74 Å². The van der Waals surface area contributed by atoms with Crippen LogP contribution in [0.5, 0.6) is 5.75 Å². The molecule has 0 fully saturated rings. The van der Waals surface area contributed by atoms with Crippen LogP contribution >= 0.6 is 0 Å². The number of hydrogen-bond donors (Lipinski definition) is 2. The lowest BCUT2D eigenvalue weighted by Gasteiger charge is -2.09. The van der Waals surface area contributed by atoms with Crippen LogP contribution in [0.4, 0.5) is 0 Å². The summed E-state index contributed by atoms with van der Waals surface area (Å²) < 4.78 is 31.1. The first-order valence-corrected chi connectivity index (χ1v) is 6.80. The van der Waals surface area contributed by atoms with Crippen molar-refractivity contribution in [1.82, 2.24) is 4.72 Å². The van der Waals surface area contributed by atoms with Crippen molar-refractivity contribution in [3.8, 4) is 5.75 Å². The van der Waals surface area contributed by atoms with Crippen LogP contribution in [-0.4, -0.2) is 32.8 Å². The molecule has 0 unspecified atom stereocenters. The molecule has 0 radical (unpaired) electrons. The quantitative estimate of drug-likeness (QED) is 0.750. The van der Waals surface area contributed by atoms with Gasteiger partial charge >= 0.3 is 0 Å². The van der Waals surface area contributed by atoms with E-state index in [0.717, 1.165) is 0 Å². The Bertz CT molecular complexity index is 456. The van der Waals surface area contributed by atoms with Gasteiger partial charge in [0.25, 0.3) is 0 Å². The molecular formula is C11H17NO4S. The van der Waals surface area contributed by atoms with Crippen molar-refractivity contribution >= 4 is 10.0 Å². The highest BCUT2D eigenvalue weighted by Gasteiger charge is 2.13. The van der Waals surface area contributed by atoms with Gasteiger partial charge in [0, 0.05) is 6.54 Å². The Labute approximate surface area is 101 Å². The topological polar surface area (TPSA) is 75.6 Å². The number of rotatable bonds is 6. The van der Waals surface area contributed by atoms with Crippen LogP contribution < -0.4 is 4.72 Å². The van der Waals surface area contributed by atoms with Gasteiger partial charge in [-0.05, 0) is 32.0 Å². The van der Waals surface area contributed by atoms with Gasteiger partial charge < -0.3 is 9.84 Å². The molecule has 1 rings (SSSR count). The van der Waals surface area contributed by atoms with E-state index in [1.165, 1.54) is 24.3 Å². The van der Waals surface area contributed by atoms with E-state index in [1.54, 1.807) is 0 Å². The van der Waals surface area contributed by atoms with Crippen molar-refractivity contribution in [1.29, 1.82) is 0 Å². The molecule has 0 atom stereocenters. The van der Waals surface area contributed by atoms with Crippen LogP contribution in [-0.2, 0) is 14.8 Å². The van der Waals surface area contributed by atoms with Gasteiger partial charge in [-0.2, -0.15) is 0 Å². The third-order valence-corrected chi connectivity index (χ3v) is 3.43. The number of phenols is 1. The zero-order valence-corrected chi connectivity index (χ0v) is 10.7. The maximum absolute atomic E-state index is 11.8. The van der Waals surface area contributed by atoms with Crippen LogP contribution in [0.1, 0.15) is 13.8 Å². The predicted molar refractivity (Wildman–Crippen MR) is 64.4 cm³/mol. The third kappa shape index (κ3) is 4.72. The highest BCUT2D eigenvalue weighted by atomic mass is 32.2. The van der Waals surface area contributed by atoms with Gasteiger partial charge in [0.1, 0.15) is 5.75 Å². The smallest absolute Gasteiger partial charge is 0.240 e. The summed E-state index contributed by atoms with van der Waals surface area (Å²) in [6.45, 7) is 4.28. The van der Waals surface area contributed by atoms with Crippen LogP contribution in [0.3, 0.4) is 0 Å². The van der Waals surface area contributed by atoms with Gasteiger partial charge in [-0.25, -0.2) is 13.1 Å². The Morgan fingerprint density at radius 3 is 2.71 bits per heavy atom. The SMILES string of the molecule is CC(C)OCCNS(=O)(=O)c1cccc(O)c1. The minimum absolute atomic E-state index is 0.0436. The molecule has 0 saturated heterocycles. The molecule has 0 heterocycles. The Morgan fingerprint density at radius 1 is 1.41 bits per heavy atom. The molecule has 17 heavy (non-hydrogen) atoms. The first kappa shape index (κ1) is 14.0. The summed E-state index contributed by atoms with van der Waals surface area (Å²) in [5, 5.41) is 9.20. The molecule has 0 spiro atoms. The maximum atomic E-state index is 11.8. The van der Waals surface area contributed by atoms with Crippen molar-refractivity contribution < 1.29 is 18.3 Å². The lowest BCUT2D eigenvalue weighted by molar-refractivity contribution is 0.0834. The minimum Gasteiger partial charge on any atom is -0.508 e. The van der Waals surface area contributed by atoms with Crippen LogP contribution in [0.15, 0.2) is 29.2 Å². The zero-order chi connectivity index (χ0) is 12.9. The molecule has 0 amide bonds. The second-order valence-corrected chi connectivity index (χ2v) is 5.58. The molecule has 0 aliphatic carbocycles. The van der Waals surface area contributed by atoms with Crippen LogP contribution in [0.25, 0.3) is 0 Å². The largest absolute Gasteiger partial charge is 0.508 e. The highest BCUT2D eigenvalue weighted by Crippen LogP contribution is 2.15. The average molecular weight is 259 g/mol. The number of nitrogens with one attached hydrogen (secondary N) is 1. The molecule has 0 aliphatic heterocycles. The standard InChI is InChI=1S/C11H17NO4S/c1-9(2)16-7-6-12-17(14,15)11-5-3-4-10(13)8-11/h3-5,8-9,12-13H,6-7H2,1-2H3. The summed E-state index contributed by atoms with van der Waals surface area (Å²) in [7, 11) is -3.57. The fourth-order valence-electron chi connectivity index (χ4n) is 1.20. The van der Waals surface area contributed by atoms with E-state index in [1.807, 2.05) is 13.8 Å². The number of sulfonamides is 1. The molecule has 0 aliphatic rings. The fraction of sp³-hybridized carbons (Fsp3) is 0.455. The molecule has 1 aromatic rings. The lowest BCUT2D eigenvalue weighted by Crippen LogP contribution is -2.28. The Balaban J connectivity index is 2.57. The second kappa shape index (κ2) is 6.00. The van der Waals surface area contributed by atoms with Crippen molar-refractivity contribution in [2.24, 2.45) is 0 Å². The van der Waals surface area contributed by atoms with E-state index in [-0.39, 0.29) is 23.3 Å². The summed E-state index contributed by atoms with van der Waals surface area (Å²) in [6.07, 6.45) is 0.0697. The maximum Gasteiger partial charge on any atom is 0.240 e. The van der Waals surface area contributed by atoms with E-state index < -0.39 is 10.0 Å².